The van der Waals surface area contributed by atoms with Crippen LogP contribution < -0.4 is 5.32 Å². The van der Waals surface area contributed by atoms with Crippen LogP contribution in [-0.4, -0.2) is 40.0 Å². The number of nitrogens with one attached hydrogen (secondary N) is 1. The van der Waals surface area contributed by atoms with Crippen LogP contribution >= 0.6 is 0 Å². The van der Waals surface area contributed by atoms with Gasteiger partial charge < -0.3 is 9.47 Å². The molecule has 0 saturated heterocycles. The first kappa shape index (κ1) is 18.4. The van der Waals surface area contributed by atoms with Gasteiger partial charge in [0.15, 0.2) is 11.6 Å². The number of pyridine rings is 1. The van der Waals surface area contributed by atoms with Gasteiger partial charge in [-0.25, -0.2) is 14.6 Å². The van der Waals surface area contributed by atoms with Gasteiger partial charge in [0.05, 0.1) is 24.9 Å². The largest absolute Gasteiger partial charge is 0.462 e. The second-order valence-corrected chi connectivity index (χ2v) is 5.70. The van der Waals surface area contributed by atoms with Crippen LogP contribution in [0.15, 0.2) is 36.5 Å². The summed E-state index contributed by atoms with van der Waals surface area (Å²) in [7, 11) is 0. The Hall–Kier alpha value is -3.42. The van der Waals surface area contributed by atoms with E-state index < -0.39 is 12.1 Å². The van der Waals surface area contributed by atoms with Crippen LogP contribution in [0.5, 0.6) is 0 Å². The van der Waals surface area contributed by atoms with Gasteiger partial charge in [0.1, 0.15) is 5.56 Å². The fraction of sp³-hybridized carbons (Fsp3) is 0.263. The number of para-hydroxylation sites is 1. The van der Waals surface area contributed by atoms with Crippen LogP contribution in [0.3, 0.4) is 0 Å². The number of fused-ring (bicyclic) bond motifs is 1. The molecule has 0 spiro atoms. The van der Waals surface area contributed by atoms with Gasteiger partial charge in [-0.3, -0.25) is 5.32 Å². The molecule has 3 aromatic rings. The zero-order valence-corrected chi connectivity index (χ0v) is 15.4. The van der Waals surface area contributed by atoms with Crippen molar-refractivity contribution in [1.82, 2.24) is 14.8 Å². The van der Waals surface area contributed by atoms with Crippen LogP contribution in [0.2, 0.25) is 0 Å². The Balaban J connectivity index is 2.11. The predicted octanol–water partition coefficient (Wildman–Crippen LogP) is 3.47. The van der Waals surface area contributed by atoms with Gasteiger partial charge in [0.2, 0.25) is 0 Å². The van der Waals surface area contributed by atoms with E-state index in [1.165, 1.54) is 10.9 Å². The molecule has 0 unspecified atom stereocenters. The van der Waals surface area contributed by atoms with Crippen LogP contribution in [-0.2, 0) is 9.47 Å². The Bertz CT molecular complexity index is 997. The Kier molecular flexibility index (Phi) is 5.35. The average Bonchev–Trinajstić information content (AvgIpc) is 3.05. The number of nitrogens with zero attached hydrogens (tertiary/aromatic N) is 3. The number of carbonyl (C=O) groups excluding carboxylic acids is 2. The summed E-state index contributed by atoms with van der Waals surface area (Å²) in [6, 6.07) is 9.54. The first-order valence-electron chi connectivity index (χ1n) is 8.60. The minimum atomic E-state index is -0.692. The molecule has 0 bridgehead atoms. The number of esters is 1. The lowest BCUT2D eigenvalue weighted by atomic mass is 10.1. The zero-order valence-electron chi connectivity index (χ0n) is 15.4. The molecule has 8 nitrogen and oxygen atoms in total. The van der Waals surface area contributed by atoms with Gasteiger partial charge in [-0.1, -0.05) is 18.2 Å². The molecule has 0 saturated carbocycles. The van der Waals surface area contributed by atoms with E-state index in [2.05, 4.69) is 15.4 Å². The molecule has 0 radical (unpaired) electrons. The highest BCUT2D eigenvalue weighted by atomic mass is 16.5. The minimum absolute atomic E-state index is 0.123. The van der Waals surface area contributed by atoms with Crippen molar-refractivity contribution >= 4 is 28.8 Å². The summed E-state index contributed by atoms with van der Waals surface area (Å²) < 4.78 is 11.4. The SMILES string of the molecule is CCOC(=O)Nc1c(C(=O)OCC)cnn1-c1cc(C)c2ccccc2n1. The molecular weight excluding hydrogens is 348 g/mol. The molecule has 0 aliphatic rings. The number of hydrogen-bond donors (Lipinski definition) is 1. The lowest BCUT2D eigenvalue weighted by Gasteiger charge is -2.12. The van der Waals surface area contributed by atoms with Crippen molar-refractivity contribution < 1.29 is 19.1 Å². The number of benzene rings is 1. The number of rotatable bonds is 5. The van der Waals surface area contributed by atoms with Gasteiger partial charge in [0.25, 0.3) is 0 Å². The number of aryl methyl sites for hydroxylation is 1. The second kappa shape index (κ2) is 7.86. The average molecular weight is 368 g/mol. The second-order valence-electron chi connectivity index (χ2n) is 5.70. The number of ether oxygens (including phenoxy) is 2. The Morgan fingerprint density at radius 2 is 1.89 bits per heavy atom. The van der Waals surface area contributed by atoms with E-state index in [1.54, 1.807) is 13.8 Å². The lowest BCUT2D eigenvalue weighted by Crippen LogP contribution is -2.19. The number of anilines is 1. The van der Waals surface area contributed by atoms with E-state index in [9.17, 15) is 9.59 Å². The molecule has 27 heavy (non-hydrogen) atoms. The van der Waals surface area contributed by atoms with Crippen molar-refractivity contribution in [3.05, 3.63) is 47.7 Å². The van der Waals surface area contributed by atoms with Crippen molar-refractivity contribution in [3.8, 4) is 5.82 Å². The number of aromatic nitrogens is 3. The smallest absolute Gasteiger partial charge is 0.412 e. The molecule has 140 valence electrons. The fourth-order valence-corrected chi connectivity index (χ4v) is 2.70. The van der Waals surface area contributed by atoms with E-state index in [4.69, 9.17) is 9.47 Å². The molecular formula is C19H20N4O4. The summed E-state index contributed by atoms with van der Waals surface area (Å²) in [6.07, 6.45) is 0.647. The molecule has 1 aromatic carbocycles. The quantitative estimate of drug-likeness (QED) is 0.693. The van der Waals surface area contributed by atoms with E-state index in [-0.39, 0.29) is 24.6 Å². The van der Waals surface area contributed by atoms with Crippen molar-refractivity contribution in [2.75, 3.05) is 18.5 Å². The number of amides is 1. The topological polar surface area (TPSA) is 95.3 Å². The first-order chi connectivity index (χ1) is 13.0. The van der Waals surface area contributed by atoms with Crippen LogP contribution in [0.4, 0.5) is 10.6 Å². The highest BCUT2D eigenvalue weighted by Gasteiger charge is 2.22. The highest BCUT2D eigenvalue weighted by Crippen LogP contribution is 2.24. The zero-order chi connectivity index (χ0) is 19.4. The molecule has 0 aliphatic carbocycles. The Labute approximate surface area is 156 Å². The maximum Gasteiger partial charge on any atom is 0.412 e. The Morgan fingerprint density at radius 3 is 2.63 bits per heavy atom. The molecule has 0 atom stereocenters. The molecule has 3 rings (SSSR count). The summed E-state index contributed by atoms with van der Waals surface area (Å²) in [5.41, 5.74) is 1.89. The van der Waals surface area contributed by atoms with E-state index in [0.717, 1.165) is 16.5 Å². The number of carbonyl (C=O) groups is 2. The fourth-order valence-electron chi connectivity index (χ4n) is 2.70. The van der Waals surface area contributed by atoms with Crippen LogP contribution in [0.1, 0.15) is 29.8 Å². The molecule has 8 heteroatoms. The third-order valence-corrected chi connectivity index (χ3v) is 3.89. The lowest BCUT2D eigenvalue weighted by molar-refractivity contribution is 0.0527. The summed E-state index contributed by atoms with van der Waals surface area (Å²) in [5, 5.41) is 7.81. The van der Waals surface area contributed by atoms with Crippen molar-refractivity contribution in [3.63, 3.8) is 0 Å². The summed E-state index contributed by atoms with van der Waals surface area (Å²) >= 11 is 0. The molecule has 2 aromatic heterocycles. The van der Waals surface area contributed by atoms with Crippen molar-refractivity contribution in [1.29, 1.82) is 0 Å². The normalized spacial score (nSPS) is 10.6. The molecule has 1 N–H and O–H groups in total. The van der Waals surface area contributed by atoms with Gasteiger partial charge in [-0.05, 0) is 38.5 Å². The Morgan fingerprint density at radius 1 is 1.15 bits per heavy atom. The van der Waals surface area contributed by atoms with Gasteiger partial charge in [-0.2, -0.15) is 9.78 Å². The predicted molar refractivity (Wildman–Crippen MR) is 100 cm³/mol. The molecule has 2 heterocycles. The van der Waals surface area contributed by atoms with E-state index in [1.807, 2.05) is 37.3 Å². The van der Waals surface area contributed by atoms with Gasteiger partial charge in [0, 0.05) is 5.39 Å². The van der Waals surface area contributed by atoms with Crippen molar-refractivity contribution in [2.45, 2.75) is 20.8 Å². The standard InChI is InChI=1S/C19H20N4O4/c1-4-26-18(24)14-11-20-23(17(14)22-19(25)27-5-2)16-10-12(3)13-8-6-7-9-15(13)21-16/h6-11H,4-5H2,1-3H3,(H,22,25). The summed E-state index contributed by atoms with van der Waals surface area (Å²) in [5.74, 6) is 0.0238. The highest BCUT2D eigenvalue weighted by molar-refractivity contribution is 5.99. The third kappa shape index (κ3) is 3.74. The molecule has 0 aliphatic heterocycles. The summed E-state index contributed by atoms with van der Waals surface area (Å²) in [6.45, 7) is 5.76. The molecule has 1 amide bonds. The van der Waals surface area contributed by atoms with Crippen LogP contribution in [0, 0.1) is 6.92 Å². The van der Waals surface area contributed by atoms with Gasteiger partial charge >= 0.3 is 12.1 Å². The maximum atomic E-state index is 12.2. The third-order valence-electron chi connectivity index (χ3n) is 3.89. The molecule has 0 fully saturated rings. The number of hydrogen-bond acceptors (Lipinski definition) is 6. The summed E-state index contributed by atoms with van der Waals surface area (Å²) in [4.78, 5) is 28.8. The minimum Gasteiger partial charge on any atom is -0.462 e. The first-order valence-corrected chi connectivity index (χ1v) is 8.60. The monoisotopic (exact) mass is 368 g/mol. The van der Waals surface area contributed by atoms with E-state index in [0.29, 0.717) is 5.82 Å². The van der Waals surface area contributed by atoms with Gasteiger partial charge in [-0.15, -0.1) is 0 Å². The maximum absolute atomic E-state index is 12.2. The van der Waals surface area contributed by atoms with Crippen molar-refractivity contribution in [2.24, 2.45) is 0 Å². The van der Waals surface area contributed by atoms with E-state index >= 15 is 0 Å². The van der Waals surface area contributed by atoms with Crippen LogP contribution in [0.25, 0.3) is 16.7 Å².